The molecule has 0 spiro atoms. The Balaban J connectivity index is 2.13. The number of ether oxygens (including phenoxy) is 1. The fourth-order valence-corrected chi connectivity index (χ4v) is 2.77. The van der Waals surface area contributed by atoms with Crippen molar-refractivity contribution in [3.63, 3.8) is 0 Å². The van der Waals surface area contributed by atoms with Gasteiger partial charge in [-0.1, -0.05) is 38.1 Å². The zero-order valence-corrected chi connectivity index (χ0v) is 11.6. The van der Waals surface area contributed by atoms with Crippen molar-refractivity contribution in [3.05, 3.63) is 42.0 Å². The average molecular weight is 254 g/mol. The first-order valence-electron chi connectivity index (χ1n) is 6.64. The van der Waals surface area contributed by atoms with Crippen LogP contribution < -0.4 is 4.74 Å². The standard InChI is InChI=1S/C17H18O2/c1-17(2)10-14(17)16(18)13-8-9-15(19-3)12-7-5-4-6-11(12)13/h4-9,14H,10H2,1-3H3. The summed E-state index contributed by atoms with van der Waals surface area (Å²) in [5.41, 5.74) is 0.991. The van der Waals surface area contributed by atoms with Crippen LogP contribution in [0.5, 0.6) is 5.75 Å². The van der Waals surface area contributed by atoms with Crippen molar-refractivity contribution in [3.8, 4) is 5.75 Å². The maximum Gasteiger partial charge on any atom is 0.167 e. The van der Waals surface area contributed by atoms with Gasteiger partial charge in [0, 0.05) is 16.9 Å². The molecule has 2 heteroatoms. The number of benzene rings is 2. The Kier molecular flexibility index (Phi) is 2.63. The Bertz CT molecular complexity index is 655. The molecule has 1 aliphatic carbocycles. The molecule has 0 N–H and O–H groups in total. The molecule has 0 saturated heterocycles. The monoisotopic (exact) mass is 254 g/mol. The van der Waals surface area contributed by atoms with Gasteiger partial charge in [-0.25, -0.2) is 0 Å². The van der Waals surface area contributed by atoms with Crippen LogP contribution in [0.25, 0.3) is 10.8 Å². The summed E-state index contributed by atoms with van der Waals surface area (Å²) >= 11 is 0. The lowest BCUT2D eigenvalue weighted by molar-refractivity contribution is 0.0955. The number of carbonyl (C=O) groups excluding carboxylic acids is 1. The van der Waals surface area contributed by atoms with Crippen LogP contribution in [0.1, 0.15) is 30.6 Å². The topological polar surface area (TPSA) is 26.3 Å². The molecule has 3 rings (SSSR count). The summed E-state index contributed by atoms with van der Waals surface area (Å²) in [6.07, 6.45) is 0.992. The number of rotatable bonds is 3. The molecule has 0 radical (unpaired) electrons. The lowest BCUT2D eigenvalue weighted by atomic mass is 9.96. The third kappa shape index (κ3) is 1.92. The molecule has 0 amide bonds. The highest BCUT2D eigenvalue weighted by molar-refractivity contribution is 6.11. The molecule has 1 fully saturated rings. The predicted molar refractivity (Wildman–Crippen MR) is 76.7 cm³/mol. The molecule has 0 aliphatic heterocycles. The molecule has 2 nitrogen and oxygen atoms in total. The van der Waals surface area contributed by atoms with Crippen molar-refractivity contribution in [2.45, 2.75) is 20.3 Å². The quantitative estimate of drug-likeness (QED) is 0.771. The summed E-state index contributed by atoms with van der Waals surface area (Å²) in [4.78, 5) is 12.6. The van der Waals surface area contributed by atoms with Crippen LogP contribution in [-0.4, -0.2) is 12.9 Å². The van der Waals surface area contributed by atoms with E-state index in [0.717, 1.165) is 28.5 Å². The zero-order valence-electron chi connectivity index (χ0n) is 11.6. The Hall–Kier alpha value is -1.83. The highest BCUT2D eigenvalue weighted by Crippen LogP contribution is 2.53. The number of hydrogen-bond donors (Lipinski definition) is 0. The lowest BCUT2D eigenvalue weighted by Crippen LogP contribution is -2.07. The van der Waals surface area contributed by atoms with Crippen molar-refractivity contribution in [1.29, 1.82) is 0 Å². The number of fused-ring (bicyclic) bond motifs is 1. The van der Waals surface area contributed by atoms with Crippen LogP contribution in [-0.2, 0) is 0 Å². The first-order valence-corrected chi connectivity index (χ1v) is 6.64. The second-order valence-corrected chi connectivity index (χ2v) is 5.97. The first kappa shape index (κ1) is 12.2. The van der Waals surface area contributed by atoms with E-state index < -0.39 is 0 Å². The summed E-state index contributed by atoms with van der Waals surface area (Å²) in [6, 6.07) is 11.7. The van der Waals surface area contributed by atoms with Gasteiger partial charge in [-0.05, 0) is 29.4 Å². The largest absolute Gasteiger partial charge is 0.496 e. The number of hydrogen-bond acceptors (Lipinski definition) is 2. The Morgan fingerprint density at radius 3 is 2.37 bits per heavy atom. The third-order valence-corrected chi connectivity index (χ3v) is 4.20. The van der Waals surface area contributed by atoms with Crippen LogP contribution in [0, 0.1) is 11.3 Å². The Morgan fingerprint density at radius 2 is 1.79 bits per heavy atom. The summed E-state index contributed by atoms with van der Waals surface area (Å²) in [5.74, 6) is 1.26. The number of methoxy groups -OCH3 is 1. The summed E-state index contributed by atoms with van der Waals surface area (Å²) < 4.78 is 5.37. The SMILES string of the molecule is COc1ccc(C(=O)C2CC2(C)C)c2ccccc12. The maximum atomic E-state index is 12.6. The molecule has 2 aromatic carbocycles. The van der Waals surface area contributed by atoms with E-state index in [9.17, 15) is 4.79 Å². The van der Waals surface area contributed by atoms with E-state index in [1.165, 1.54) is 0 Å². The molecule has 1 unspecified atom stereocenters. The first-order chi connectivity index (χ1) is 9.04. The van der Waals surface area contributed by atoms with Gasteiger partial charge in [-0.2, -0.15) is 0 Å². The van der Waals surface area contributed by atoms with E-state index >= 15 is 0 Å². The van der Waals surface area contributed by atoms with E-state index in [2.05, 4.69) is 13.8 Å². The van der Waals surface area contributed by atoms with Crippen LogP contribution in [0.4, 0.5) is 0 Å². The zero-order chi connectivity index (χ0) is 13.6. The molecule has 0 aromatic heterocycles. The summed E-state index contributed by atoms with van der Waals surface area (Å²) in [6.45, 7) is 4.31. The summed E-state index contributed by atoms with van der Waals surface area (Å²) in [7, 11) is 1.66. The van der Waals surface area contributed by atoms with Gasteiger partial charge >= 0.3 is 0 Å². The predicted octanol–water partition coefficient (Wildman–Crippen LogP) is 4.08. The molecule has 1 atom stereocenters. The fraction of sp³-hybridized carbons (Fsp3) is 0.353. The lowest BCUT2D eigenvalue weighted by Gasteiger charge is -2.10. The van der Waals surface area contributed by atoms with E-state index in [-0.39, 0.29) is 17.1 Å². The van der Waals surface area contributed by atoms with Crippen molar-refractivity contribution in [1.82, 2.24) is 0 Å². The van der Waals surface area contributed by atoms with Crippen LogP contribution in [0.3, 0.4) is 0 Å². The molecular weight excluding hydrogens is 236 g/mol. The van der Waals surface area contributed by atoms with Crippen molar-refractivity contribution < 1.29 is 9.53 Å². The van der Waals surface area contributed by atoms with E-state index in [1.807, 2.05) is 36.4 Å². The smallest absolute Gasteiger partial charge is 0.167 e. The van der Waals surface area contributed by atoms with Crippen LogP contribution >= 0.6 is 0 Å². The number of carbonyl (C=O) groups is 1. The highest BCUT2D eigenvalue weighted by Gasteiger charge is 2.50. The Morgan fingerprint density at radius 1 is 1.16 bits per heavy atom. The van der Waals surface area contributed by atoms with Gasteiger partial charge in [-0.15, -0.1) is 0 Å². The molecule has 1 aliphatic rings. The molecule has 98 valence electrons. The summed E-state index contributed by atoms with van der Waals surface area (Å²) in [5, 5.41) is 2.00. The average Bonchev–Trinajstić information content (AvgIpc) is 3.05. The van der Waals surface area contributed by atoms with Gasteiger partial charge in [-0.3, -0.25) is 4.79 Å². The van der Waals surface area contributed by atoms with Gasteiger partial charge in [0.05, 0.1) is 7.11 Å². The molecule has 1 saturated carbocycles. The van der Waals surface area contributed by atoms with Crippen molar-refractivity contribution >= 4 is 16.6 Å². The maximum absolute atomic E-state index is 12.6. The Labute approximate surface area is 113 Å². The van der Waals surface area contributed by atoms with Crippen molar-refractivity contribution in [2.24, 2.45) is 11.3 Å². The molecule has 0 bridgehead atoms. The van der Waals surface area contributed by atoms with E-state index in [0.29, 0.717) is 0 Å². The van der Waals surface area contributed by atoms with Gasteiger partial charge in [0.15, 0.2) is 5.78 Å². The third-order valence-electron chi connectivity index (χ3n) is 4.20. The molecule has 0 heterocycles. The minimum Gasteiger partial charge on any atom is -0.496 e. The highest BCUT2D eigenvalue weighted by atomic mass is 16.5. The van der Waals surface area contributed by atoms with E-state index in [4.69, 9.17) is 4.74 Å². The van der Waals surface area contributed by atoms with E-state index in [1.54, 1.807) is 7.11 Å². The molecular formula is C17H18O2. The van der Waals surface area contributed by atoms with Crippen LogP contribution in [0.15, 0.2) is 36.4 Å². The molecule has 2 aromatic rings. The second kappa shape index (κ2) is 4.09. The second-order valence-electron chi connectivity index (χ2n) is 5.97. The minimum absolute atomic E-state index is 0.165. The molecule has 19 heavy (non-hydrogen) atoms. The van der Waals surface area contributed by atoms with Gasteiger partial charge in [0.25, 0.3) is 0 Å². The fourth-order valence-electron chi connectivity index (χ4n) is 2.77. The normalized spacial score (nSPS) is 20.3. The van der Waals surface area contributed by atoms with Gasteiger partial charge in [0.1, 0.15) is 5.75 Å². The van der Waals surface area contributed by atoms with Crippen molar-refractivity contribution in [2.75, 3.05) is 7.11 Å². The number of Topliss-reactive ketones (excluding diaryl/α,β-unsaturated/α-hetero) is 1. The van der Waals surface area contributed by atoms with Crippen LogP contribution in [0.2, 0.25) is 0 Å². The van der Waals surface area contributed by atoms with Gasteiger partial charge in [0.2, 0.25) is 0 Å². The van der Waals surface area contributed by atoms with Gasteiger partial charge < -0.3 is 4.74 Å². The number of ketones is 1. The minimum atomic E-state index is 0.165.